The Kier molecular flexibility index (Phi) is 8.02. The lowest BCUT2D eigenvalue weighted by Crippen LogP contribution is -2.38. The van der Waals surface area contributed by atoms with Gasteiger partial charge in [-0.25, -0.2) is 0 Å². The third-order valence-corrected chi connectivity index (χ3v) is 7.55. The van der Waals surface area contributed by atoms with Crippen molar-refractivity contribution in [1.82, 2.24) is 14.4 Å². The largest absolute Gasteiger partial charge is 0.347 e. The fraction of sp³-hybridized carbons (Fsp3) is 0.571. The number of rotatable bonds is 6. The molecule has 0 N–H and O–H groups in total. The molecule has 2 aliphatic heterocycles. The second-order valence-corrected chi connectivity index (χ2v) is 9.71. The maximum absolute atomic E-state index is 13.7. The zero-order valence-electron chi connectivity index (χ0n) is 20.4. The second kappa shape index (κ2) is 11.1. The van der Waals surface area contributed by atoms with Crippen LogP contribution < -0.4 is 5.43 Å². The minimum Gasteiger partial charge on any atom is -0.347 e. The number of carbonyl (C=O) groups is 1. The van der Waals surface area contributed by atoms with Gasteiger partial charge >= 0.3 is 0 Å². The summed E-state index contributed by atoms with van der Waals surface area (Å²) in [5, 5.41) is 0. The molecule has 3 heterocycles. The van der Waals surface area contributed by atoms with Gasteiger partial charge in [0.2, 0.25) is 0 Å². The maximum Gasteiger partial charge on any atom is 0.259 e. The van der Waals surface area contributed by atoms with Gasteiger partial charge < -0.3 is 14.4 Å². The topological polar surface area (TPSA) is 45.6 Å². The Labute approximate surface area is 198 Å². The Hall–Kier alpha value is -2.40. The molecular weight excluding hydrogens is 410 g/mol. The van der Waals surface area contributed by atoms with Gasteiger partial charge in [0.1, 0.15) is 5.56 Å². The normalized spacial score (nSPS) is 19.9. The summed E-state index contributed by atoms with van der Waals surface area (Å²) in [7, 11) is 0. The Morgan fingerprint density at radius 3 is 2.42 bits per heavy atom. The molecule has 1 aromatic heterocycles. The Bertz CT molecular complexity index is 992. The van der Waals surface area contributed by atoms with Crippen LogP contribution in [-0.2, 0) is 13.0 Å². The van der Waals surface area contributed by atoms with E-state index in [0.29, 0.717) is 24.4 Å². The van der Waals surface area contributed by atoms with Crippen LogP contribution in [0.3, 0.4) is 0 Å². The van der Waals surface area contributed by atoms with Gasteiger partial charge in [0.25, 0.3) is 5.91 Å². The molecule has 0 aliphatic carbocycles. The fourth-order valence-electron chi connectivity index (χ4n) is 5.68. The predicted molar refractivity (Wildman–Crippen MR) is 134 cm³/mol. The first-order chi connectivity index (χ1) is 16.1. The van der Waals surface area contributed by atoms with E-state index in [0.717, 1.165) is 63.4 Å². The molecule has 33 heavy (non-hydrogen) atoms. The van der Waals surface area contributed by atoms with Gasteiger partial charge in [0.05, 0.1) is 0 Å². The molecule has 5 nitrogen and oxygen atoms in total. The Morgan fingerprint density at radius 1 is 0.939 bits per heavy atom. The number of aromatic nitrogens is 1. The van der Waals surface area contributed by atoms with E-state index in [4.69, 9.17) is 0 Å². The zero-order valence-corrected chi connectivity index (χ0v) is 20.4. The van der Waals surface area contributed by atoms with Gasteiger partial charge in [-0.2, -0.15) is 0 Å². The van der Waals surface area contributed by atoms with Crippen LogP contribution in [0.15, 0.2) is 41.2 Å². The van der Waals surface area contributed by atoms with E-state index < -0.39 is 0 Å². The summed E-state index contributed by atoms with van der Waals surface area (Å²) in [4.78, 5) is 31.2. The highest BCUT2D eigenvalue weighted by Crippen LogP contribution is 2.28. The van der Waals surface area contributed by atoms with Gasteiger partial charge in [-0.15, -0.1) is 0 Å². The van der Waals surface area contributed by atoms with Crippen molar-refractivity contribution in [3.63, 3.8) is 0 Å². The number of likely N-dealkylation sites (tertiary alicyclic amines) is 2. The number of hydrogen-bond donors (Lipinski definition) is 0. The molecule has 5 heteroatoms. The average molecular weight is 450 g/mol. The summed E-state index contributed by atoms with van der Waals surface area (Å²) < 4.78 is 2.23. The lowest BCUT2D eigenvalue weighted by atomic mass is 9.92. The van der Waals surface area contributed by atoms with Crippen molar-refractivity contribution in [1.29, 1.82) is 0 Å². The van der Waals surface area contributed by atoms with E-state index in [-0.39, 0.29) is 11.3 Å². The fourth-order valence-corrected chi connectivity index (χ4v) is 5.68. The SMILES string of the molecule is CCc1c(C(=O)N2CCCC(c3ccccc3)CC2)c(=O)cc(C)n1CCN1CCCCC1. The Morgan fingerprint density at radius 2 is 1.70 bits per heavy atom. The summed E-state index contributed by atoms with van der Waals surface area (Å²) in [6.45, 7) is 9.64. The summed E-state index contributed by atoms with van der Waals surface area (Å²) in [6.07, 6.45) is 7.57. The van der Waals surface area contributed by atoms with Gasteiger partial charge in [-0.3, -0.25) is 9.59 Å². The van der Waals surface area contributed by atoms with E-state index in [9.17, 15) is 9.59 Å². The highest BCUT2D eigenvalue weighted by atomic mass is 16.2. The molecule has 0 radical (unpaired) electrons. The number of pyridine rings is 1. The van der Waals surface area contributed by atoms with Crippen molar-refractivity contribution >= 4 is 5.91 Å². The second-order valence-electron chi connectivity index (χ2n) is 9.71. The molecule has 1 unspecified atom stereocenters. The summed E-state index contributed by atoms with van der Waals surface area (Å²) in [5.41, 5.74) is 3.51. The first-order valence-electron chi connectivity index (χ1n) is 12.9. The zero-order chi connectivity index (χ0) is 23.2. The number of nitrogens with zero attached hydrogens (tertiary/aromatic N) is 3. The van der Waals surface area contributed by atoms with E-state index in [1.54, 1.807) is 6.07 Å². The summed E-state index contributed by atoms with van der Waals surface area (Å²) in [6, 6.07) is 12.3. The third-order valence-electron chi connectivity index (χ3n) is 7.55. The first kappa shape index (κ1) is 23.7. The molecule has 178 valence electrons. The monoisotopic (exact) mass is 449 g/mol. The summed E-state index contributed by atoms with van der Waals surface area (Å²) >= 11 is 0. The molecule has 4 rings (SSSR count). The van der Waals surface area contributed by atoms with Gasteiger partial charge in [-0.1, -0.05) is 43.7 Å². The van der Waals surface area contributed by atoms with Crippen molar-refractivity contribution in [2.75, 3.05) is 32.7 Å². The standard InChI is InChI=1S/C28H39N3O2/c1-3-25-27(26(32)21-22(2)31(25)20-19-29-15-8-5-9-16-29)28(33)30-17-10-13-24(14-18-30)23-11-6-4-7-12-23/h4,6-7,11-12,21,24H,3,5,8-10,13-20H2,1-2H3. The van der Waals surface area contributed by atoms with Crippen molar-refractivity contribution in [2.45, 2.75) is 71.3 Å². The molecular formula is C28H39N3O2. The quantitative estimate of drug-likeness (QED) is 0.647. The van der Waals surface area contributed by atoms with E-state index in [1.165, 1.54) is 24.8 Å². The molecule has 0 bridgehead atoms. The number of amides is 1. The summed E-state index contributed by atoms with van der Waals surface area (Å²) in [5.74, 6) is 0.408. The average Bonchev–Trinajstić information content (AvgIpc) is 3.10. The van der Waals surface area contributed by atoms with E-state index in [1.807, 2.05) is 11.8 Å². The minimum absolute atomic E-state index is 0.0720. The van der Waals surface area contributed by atoms with Crippen LogP contribution in [0.5, 0.6) is 0 Å². The van der Waals surface area contributed by atoms with Crippen molar-refractivity contribution in [3.8, 4) is 0 Å². The van der Waals surface area contributed by atoms with Crippen LogP contribution in [0.1, 0.15) is 78.7 Å². The van der Waals surface area contributed by atoms with Crippen LogP contribution in [-0.4, -0.2) is 53.0 Å². The number of aryl methyl sites for hydroxylation is 1. The van der Waals surface area contributed by atoms with Crippen LogP contribution in [0.4, 0.5) is 0 Å². The molecule has 1 amide bonds. The Balaban J connectivity index is 1.53. The van der Waals surface area contributed by atoms with Crippen LogP contribution in [0.25, 0.3) is 0 Å². The van der Waals surface area contributed by atoms with Crippen molar-refractivity contribution in [3.05, 3.63) is 69.1 Å². The van der Waals surface area contributed by atoms with Crippen molar-refractivity contribution in [2.24, 2.45) is 0 Å². The highest BCUT2D eigenvalue weighted by Gasteiger charge is 2.27. The molecule has 2 fully saturated rings. The molecule has 1 aromatic carbocycles. The number of carbonyl (C=O) groups excluding carboxylic acids is 1. The smallest absolute Gasteiger partial charge is 0.259 e. The van der Waals surface area contributed by atoms with E-state index in [2.05, 4.69) is 46.7 Å². The molecule has 0 saturated carbocycles. The van der Waals surface area contributed by atoms with Crippen LogP contribution >= 0.6 is 0 Å². The number of hydrogen-bond acceptors (Lipinski definition) is 3. The van der Waals surface area contributed by atoms with Gasteiger partial charge in [0, 0.05) is 43.6 Å². The van der Waals surface area contributed by atoms with Crippen LogP contribution in [0.2, 0.25) is 0 Å². The van der Waals surface area contributed by atoms with E-state index >= 15 is 0 Å². The minimum atomic E-state index is -0.118. The molecule has 2 aromatic rings. The number of benzene rings is 1. The molecule has 2 saturated heterocycles. The van der Waals surface area contributed by atoms with Crippen LogP contribution in [0, 0.1) is 6.92 Å². The maximum atomic E-state index is 13.7. The van der Waals surface area contributed by atoms with Crippen molar-refractivity contribution < 1.29 is 4.79 Å². The predicted octanol–water partition coefficient (Wildman–Crippen LogP) is 4.61. The first-order valence-corrected chi connectivity index (χ1v) is 12.9. The van der Waals surface area contributed by atoms with Gasteiger partial charge in [-0.05, 0) is 70.0 Å². The lowest BCUT2D eigenvalue weighted by molar-refractivity contribution is 0.0757. The molecule has 2 aliphatic rings. The lowest BCUT2D eigenvalue weighted by Gasteiger charge is -2.29. The van der Waals surface area contributed by atoms with Gasteiger partial charge in [0.15, 0.2) is 5.43 Å². The third kappa shape index (κ3) is 5.57. The number of piperidine rings is 1. The highest BCUT2D eigenvalue weighted by molar-refractivity contribution is 5.95. The molecule has 1 atom stereocenters. The molecule has 0 spiro atoms.